The van der Waals surface area contributed by atoms with E-state index in [1.807, 2.05) is 18.2 Å². The topological polar surface area (TPSA) is 96.3 Å². The fourth-order valence-electron chi connectivity index (χ4n) is 2.79. The van der Waals surface area contributed by atoms with Crippen LogP contribution in [-0.4, -0.2) is 32.7 Å². The number of hydrogen-bond acceptors (Lipinski definition) is 3. The minimum atomic E-state index is -1.10. The number of carbonyl (C=O) groups excluding carboxylic acids is 1. The highest BCUT2D eigenvalue weighted by atomic mass is 16.4. The molecular formula is C19H26N4O3. The Morgan fingerprint density at radius 1 is 1.15 bits per heavy atom. The summed E-state index contributed by atoms with van der Waals surface area (Å²) in [7, 11) is 0. The van der Waals surface area contributed by atoms with Gasteiger partial charge in [0.05, 0.1) is 12.9 Å². The number of imidazole rings is 1. The molecule has 7 heteroatoms. The summed E-state index contributed by atoms with van der Waals surface area (Å²) in [5.41, 5.74) is 2.79. The normalized spacial score (nSPS) is 12.2. The lowest BCUT2D eigenvalue weighted by molar-refractivity contribution is -0.139. The van der Waals surface area contributed by atoms with Gasteiger partial charge in [0.1, 0.15) is 6.04 Å². The molecule has 2 aromatic rings. The number of para-hydroxylation sites is 1. The van der Waals surface area contributed by atoms with Crippen LogP contribution in [0.25, 0.3) is 0 Å². The number of rotatable bonds is 7. The summed E-state index contributed by atoms with van der Waals surface area (Å²) < 4.78 is 1.61. The van der Waals surface area contributed by atoms with Gasteiger partial charge in [0.15, 0.2) is 0 Å². The number of nitrogens with one attached hydrogen (secondary N) is 2. The maximum absolute atomic E-state index is 12.5. The van der Waals surface area contributed by atoms with Gasteiger partial charge in [0, 0.05) is 18.1 Å². The fraction of sp³-hybridized carbons (Fsp3) is 0.421. The summed E-state index contributed by atoms with van der Waals surface area (Å²) in [6, 6.07) is 4.34. The largest absolute Gasteiger partial charge is 0.480 e. The Morgan fingerprint density at radius 2 is 1.77 bits per heavy atom. The lowest BCUT2D eigenvalue weighted by atomic mass is 9.93. The third-order valence-corrected chi connectivity index (χ3v) is 4.17. The van der Waals surface area contributed by atoms with Crippen LogP contribution >= 0.6 is 0 Å². The molecular weight excluding hydrogens is 332 g/mol. The Morgan fingerprint density at radius 3 is 2.23 bits per heavy atom. The van der Waals surface area contributed by atoms with Gasteiger partial charge in [0.2, 0.25) is 0 Å². The van der Waals surface area contributed by atoms with Crippen LogP contribution in [-0.2, 0) is 11.3 Å². The Kier molecular flexibility index (Phi) is 6.38. The molecule has 0 bridgehead atoms. The summed E-state index contributed by atoms with van der Waals surface area (Å²) >= 11 is 0. The quantitative estimate of drug-likeness (QED) is 0.707. The van der Waals surface area contributed by atoms with Crippen LogP contribution in [0.15, 0.2) is 36.9 Å². The first-order valence-corrected chi connectivity index (χ1v) is 8.68. The van der Waals surface area contributed by atoms with Gasteiger partial charge in [-0.2, -0.15) is 0 Å². The van der Waals surface area contributed by atoms with Crippen molar-refractivity contribution >= 4 is 17.7 Å². The zero-order chi connectivity index (χ0) is 19.3. The van der Waals surface area contributed by atoms with E-state index in [9.17, 15) is 14.7 Å². The van der Waals surface area contributed by atoms with Crippen molar-refractivity contribution in [1.29, 1.82) is 0 Å². The molecule has 140 valence electrons. The van der Waals surface area contributed by atoms with Gasteiger partial charge in [-0.3, -0.25) is 0 Å². The number of amides is 2. The van der Waals surface area contributed by atoms with E-state index in [-0.39, 0.29) is 18.4 Å². The molecule has 0 aliphatic heterocycles. The van der Waals surface area contributed by atoms with Gasteiger partial charge in [-0.1, -0.05) is 45.9 Å². The zero-order valence-electron chi connectivity index (χ0n) is 15.6. The minimum Gasteiger partial charge on any atom is -0.480 e. The molecule has 0 fully saturated rings. The van der Waals surface area contributed by atoms with Crippen LogP contribution in [0.5, 0.6) is 0 Å². The molecule has 0 spiro atoms. The van der Waals surface area contributed by atoms with Crippen LogP contribution in [0.3, 0.4) is 0 Å². The van der Waals surface area contributed by atoms with Crippen molar-refractivity contribution in [2.24, 2.45) is 0 Å². The standard InChI is InChI=1S/C19H26N4O3/c1-12(2)14-6-5-7-15(13(3)4)17(14)22-19(26)21-16(18(24)25)10-23-9-8-20-11-23/h5-9,11-13,16H,10H2,1-4H3,(H,24,25)(H2,21,22,26). The summed E-state index contributed by atoms with van der Waals surface area (Å²) in [4.78, 5) is 27.9. The van der Waals surface area contributed by atoms with Gasteiger partial charge >= 0.3 is 12.0 Å². The van der Waals surface area contributed by atoms with Gasteiger partial charge in [-0.25, -0.2) is 14.6 Å². The zero-order valence-corrected chi connectivity index (χ0v) is 15.6. The molecule has 0 radical (unpaired) electrons. The van der Waals surface area contributed by atoms with Crippen molar-refractivity contribution in [2.75, 3.05) is 5.32 Å². The Bertz CT molecular complexity index is 728. The average molecular weight is 358 g/mol. The molecule has 1 aromatic carbocycles. The molecule has 26 heavy (non-hydrogen) atoms. The van der Waals surface area contributed by atoms with E-state index in [1.54, 1.807) is 17.0 Å². The molecule has 1 unspecified atom stereocenters. The van der Waals surface area contributed by atoms with Gasteiger partial charge < -0.3 is 20.3 Å². The van der Waals surface area contributed by atoms with E-state index in [1.165, 1.54) is 6.33 Å². The number of nitrogens with zero attached hydrogens (tertiary/aromatic N) is 2. The monoisotopic (exact) mass is 358 g/mol. The van der Waals surface area contributed by atoms with Crippen LogP contribution in [0.4, 0.5) is 10.5 Å². The molecule has 1 aromatic heterocycles. The van der Waals surface area contributed by atoms with E-state index < -0.39 is 18.0 Å². The van der Waals surface area contributed by atoms with Gasteiger partial charge in [-0.15, -0.1) is 0 Å². The first-order valence-electron chi connectivity index (χ1n) is 8.68. The predicted octanol–water partition coefficient (Wildman–Crippen LogP) is 3.40. The highest BCUT2D eigenvalue weighted by Gasteiger charge is 2.22. The van der Waals surface area contributed by atoms with Crippen molar-refractivity contribution in [2.45, 2.75) is 52.1 Å². The third kappa shape index (κ3) is 4.84. The second-order valence-corrected chi connectivity index (χ2v) is 6.87. The van der Waals surface area contributed by atoms with Gasteiger partial charge in [-0.05, 0) is 23.0 Å². The third-order valence-electron chi connectivity index (χ3n) is 4.17. The number of carboxylic acid groups (broad SMARTS) is 1. The van der Waals surface area contributed by atoms with Crippen LogP contribution in [0.2, 0.25) is 0 Å². The number of carboxylic acids is 1. The number of hydrogen-bond donors (Lipinski definition) is 3. The second-order valence-electron chi connectivity index (χ2n) is 6.87. The highest BCUT2D eigenvalue weighted by molar-refractivity contribution is 5.93. The minimum absolute atomic E-state index is 0.103. The second kappa shape index (κ2) is 8.51. The summed E-state index contributed by atoms with van der Waals surface area (Å²) in [5, 5.41) is 14.8. The van der Waals surface area contributed by atoms with Crippen molar-refractivity contribution < 1.29 is 14.7 Å². The molecule has 1 heterocycles. The summed E-state index contributed by atoms with van der Waals surface area (Å²) in [6.07, 6.45) is 4.73. The molecule has 2 rings (SSSR count). The molecule has 0 saturated heterocycles. The lowest BCUT2D eigenvalue weighted by Gasteiger charge is -2.21. The van der Waals surface area contributed by atoms with Crippen molar-refractivity contribution in [3.8, 4) is 0 Å². The van der Waals surface area contributed by atoms with Crippen LogP contribution < -0.4 is 10.6 Å². The fourth-order valence-corrected chi connectivity index (χ4v) is 2.79. The predicted molar refractivity (Wildman–Crippen MR) is 100 cm³/mol. The number of aromatic nitrogens is 2. The molecule has 0 aliphatic rings. The first-order chi connectivity index (χ1) is 12.3. The summed E-state index contributed by atoms with van der Waals surface area (Å²) in [5.74, 6) is -0.648. The number of carbonyl (C=O) groups is 2. The molecule has 2 amide bonds. The maximum Gasteiger partial charge on any atom is 0.328 e. The van der Waals surface area contributed by atoms with Crippen molar-refractivity contribution in [3.63, 3.8) is 0 Å². The Labute approximate surface area is 153 Å². The van der Waals surface area contributed by atoms with E-state index in [4.69, 9.17) is 0 Å². The number of urea groups is 1. The SMILES string of the molecule is CC(C)c1cccc(C(C)C)c1NC(=O)NC(Cn1ccnc1)C(=O)O. The first kappa shape index (κ1) is 19.5. The Hall–Kier alpha value is -2.83. The number of aliphatic carboxylic acids is 1. The average Bonchev–Trinajstić information content (AvgIpc) is 3.06. The molecule has 3 N–H and O–H groups in total. The van der Waals surface area contributed by atoms with Gasteiger partial charge in [0.25, 0.3) is 0 Å². The van der Waals surface area contributed by atoms with E-state index in [0.29, 0.717) is 0 Å². The van der Waals surface area contributed by atoms with Crippen molar-refractivity contribution in [3.05, 3.63) is 48.0 Å². The molecule has 0 aliphatic carbocycles. The highest BCUT2D eigenvalue weighted by Crippen LogP contribution is 2.32. The molecule has 0 saturated carbocycles. The van der Waals surface area contributed by atoms with E-state index >= 15 is 0 Å². The van der Waals surface area contributed by atoms with E-state index in [2.05, 4.69) is 43.3 Å². The number of benzene rings is 1. The van der Waals surface area contributed by atoms with Crippen LogP contribution in [0, 0.1) is 0 Å². The summed E-state index contributed by atoms with van der Waals surface area (Å²) in [6.45, 7) is 8.33. The lowest BCUT2D eigenvalue weighted by Crippen LogP contribution is -2.45. The van der Waals surface area contributed by atoms with E-state index in [0.717, 1.165) is 16.8 Å². The number of anilines is 1. The smallest absolute Gasteiger partial charge is 0.328 e. The Balaban J connectivity index is 2.19. The molecule has 1 atom stereocenters. The van der Waals surface area contributed by atoms with Crippen LogP contribution in [0.1, 0.15) is 50.7 Å². The molecule has 7 nitrogen and oxygen atoms in total. The maximum atomic E-state index is 12.5. The van der Waals surface area contributed by atoms with Crippen molar-refractivity contribution in [1.82, 2.24) is 14.9 Å².